The summed E-state index contributed by atoms with van der Waals surface area (Å²) in [6.45, 7) is 2.11. The molecule has 1 nitrogen and oxygen atoms in total. The second-order valence-electron chi connectivity index (χ2n) is 6.16. The third kappa shape index (κ3) is 3.68. The fraction of sp³-hybridized carbons (Fsp3) is 0.136. The van der Waals surface area contributed by atoms with Crippen LogP contribution in [0.2, 0.25) is 0 Å². The van der Waals surface area contributed by atoms with Gasteiger partial charge in [0, 0.05) is 39.6 Å². The van der Waals surface area contributed by atoms with E-state index in [-0.39, 0.29) is 5.92 Å². The van der Waals surface area contributed by atoms with Crippen molar-refractivity contribution in [2.24, 2.45) is 4.40 Å². The van der Waals surface area contributed by atoms with Gasteiger partial charge in [-0.25, -0.2) is 4.40 Å². The van der Waals surface area contributed by atoms with Crippen molar-refractivity contribution in [2.75, 3.05) is 0 Å². The fourth-order valence-electron chi connectivity index (χ4n) is 3.07. The second kappa shape index (κ2) is 7.51. The van der Waals surface area contributed by atoms with E-state index >= 15 is 0 Å². The molecule has 25 heavy (non-hydrogen) atoms. The van der Waals surface area contributed by atoms with Gasteiger partial charge in [-0.1, -0.05) is 60.2 Å². The zero-order chi connectivity index (χ0) is 17.1. The van der Waals surface area contributed by atoms with Crippen molar-refractivity contribution in [2.45, 2.75) is 28.4 Å². The van der Waals surface area contributed by atoms with Gasteiger partial charge in [0.05, 0.1) is 0 Å². The summed E-state index contributed by atoms with van der Waals surface area (Å²) in [5.41, 5.74) is 5.40. The van der Waals surface area contributed by atoms with Crippen LogP contribution in [-0.2, 0) is 5.75 Å². The minimum Gasteiger partial charge on any atom is -0.223 e. The summed E-state index contributed by atoms with van der Waals surface area (Å²) in [5, 5.41) is 0. The molecule has 0 spiro atoms. The van der Waals surface area contributed by atoms with Crippen LogP contribution < -0.4 is 0 Å². The predicted molar refractivity (Wildman–Crippen MR) is 110 cm³/mol. The Labute approximate surface area is 157 Å². The topological polar surface area (TPSA) is 12.4 Å². The average molecular weight is 362 g/mol. The molecule has 1 atom stereocenters. The lowest BCUT2D eigenvalue weighted by atomic mass is 9.89. The highest BCUT2D eigenvalue weighted by Crippen LogP contribution is 2.40. The lowest BCUT2D eigenvalue weighted by Crippen LogP contribution is -2.04. The predicted octanol–water partition coefficient (Wildman–Crippen LogP) is 6.51. The van der Waals surface area contributed by atoms with Crippen molar-refractivity contribution in [3.63, 3.8) is 0 Å². The van der Waals surface area contributed by atoms with E-state index in [1.54, 1.807) is 11.9 Å². The number of hydrogen-bond acceptors (Lipinski definition) is 3. The van der Waals surface area contributed by atoms with Crippen LogP contribution >= 0.6 is 23.7 Å². The Hall–Kier alpha value is -1.97. The summed E-state index contributed by atoms with van der Waals surface area (Å²) in [7, 11) is 0. The maximum absolute atomic E-state index is 4.72. The van der Waals surface area contributed by atoms with Crippen molar-refractivity contribution in [3.8, 4) is 0 Å². The molecule has 1 aliphatic heterocycles. The third-order valence-corrected chi connectivity index (χ3v) is 6.26. The lowest BCUT2D eigenvalue weighted by molar-refractivity contribution is 1.05. The zero-order valence-electron chi connectivity index (χ0n) is 14.1. The van der Waals surface area contributed by atoms with Gasteiger partial charge in [0.1, 0.15) is 0 Å². The third-order valence-electron chi connectivity index (χ3n) is 4.42. The van der Waals surface area contributed by atoms with Crippen LogP contribution in [0.15, 0.2) is 87.0 Å². The van der Waals surface area contributed by atoms with Crippen molar-refractivity contribution in [1.82, 2.24) is 0 Å². The molecule has 0 saturated heterocycles. The van der Waals surface area contributed by atoms with E-state index in [1.807, 2.05) is 11.8 Å². The van der Waals surface area contributed by atoms with Gasteiger partial charge in [0.25, 0.3) is 0 Å². The number of benzene rings is 3. The minimum atomic E-state index is 0.209. The Morgan fingerprint density at radius 2 is 1.64 bits per heavy atom. The maximum atomic E-state index is 4.72. The highest BCUT2D eigenvalue weighted by molar-refractivity contribution is 7.98. The number of thioether (sulfide) groups is 1. The molecular weight excluding hydrogens is 342 g/mol. The molecule has 0 N–H and O–H groups in total. The van der Waals surface area contributed by atoms with E-state index in [9.17, 15) is 0 Å². The van der Waals surface area contributed by atoms with E-state index in [0.717, 1.165) is 5.75 Å². The van der Waals surface area contributed by atoms with E-state index in [4.69, 9.17) is 4.40 Å². The molecule has 0 aliphatic carbocycles. The van der Waals surface area contributed by atoms with Gasteiger partial charge in [0.2, 0.25) is 0 Å². The molecule has 0 radical (unpaired) electrons. The van der Waals surface area contributed by atoms with Crippen LogP contribution in [0.1, 0.15) is 28.2 Å². The molecule has 0 aromatic heterocycles. The summed E-state index contributed by atoms with van der Waals surface area (Å²) >= 11 is 3.46. The lowest BCUT2D eigenvalue weighted by Gasteiger charge is -2.15. The molecule has 3 heteroatoms. The van der Waals surface area contributed by atoms with Crippen molar-refractivity contribution in [1.29, 1.82) is 0 Å². The number of nitrogens with zero attached hydrogens (tertiary/aromatic N) is 1. The van der Waals surface area contributed by atoms with Crippen LogP contribution in [0.5, 0.6) is 0 Å². The molecule has 3 aromatic rings. The summed E-state index contributed by atoms with van der Waals surface area (Å²) in [6.07, 6.45) is 2.11. The monoisotopic (exact) mass is 361 g/mol. The highest BCUT2D eigenvalue weighted by Gasteiger charge is 2.22. The Balaban J connectivity index is 1.67. The molecule has 1 aliphatic rings. The van der Waals surface area contributed by atoms with Gasteiger partial charge >= 0.3 is 0 Å². The molecule has 1 heterocycles. The smallest absolute Gasteiger partial charge is 0.0464 e. The molecule has 4 rings (SSSR count). The van der Waals surface area contributed by atoms with Crippen molar-refractivity contribution < 1.29 is 0 Å². The van der Waals surface area contributed by atoms with Crippen LogP contribution in [0.3, 0.4) is 0 Å². The van der Waals surface area contributed by atoms with Gasteiger partial charge in [-0.05, 0) is 41.8 Å². The molecule has 1 unspecified atom stereocenters. The van der Waals surface area contributed by atoms with Gasteiger partial charge in [-0.2, -0.15) is 0 Å². The van der Waals surface area contributed by atoms with Crippen molar-refractivity contribution in [3.05, 3.63) is 95.1 Å². The maximum Gasteiger partial charge on any atom is 0.0464 e. The molecule has 0 saturated carbocycles. The number of aryl methyl sites for hydroxylation is 1. The number of fused-ring (bicyclic) bond motifs is 2. The van der Waals surface area contributed by atoms with Gasteiger partial charge in [-0.3, -0.25) is 0 Å². The minimum absolute atomic E-state index is 0.209. The Morgan fingerprint density at radius 3 is 2.48 bits per heavy atom. The highest BCUT2D eigenvalue weighted by atomic mass is 32.2. The first kappa shape index (κ1) is 16.5. The van der Waals surface area contributed by atoms with E-state index in [2.05, 4.69) is 85.9 Å². The van der Waals surface area contributed by atoms with Crippen molar-refractivity contribution >= 4 is 29.9 Å². The van der Waals surface area contributed by atoms with E-state index in [0.29, 0.717) is 0 Å². The second-order valence-corrected chi connectivity index (χ2v) is 8.04. The largest absolute Gasteiger partial charge is 0.223 e. The van der Waals surface area contributed by atoms with Crippen LogP contribution in [-0.4, -0.2) is 6.21 Å². The number of hydrogen-bond donors (Lipinski definition) is 0. The quantitative estimate of drug-likeness (QED) is 0.389. The first-order chi connectivity index (χ1) is 12.3. The first-order valence-corrected chi connectivity index (χ1v) is 10.1. The molecular formula is C22H19NS2. The summed E-state index contributed by atoms with van der Waals surface area (Å²) in [4.78, 5) is 2.53. The van der Waals surface area contributed by atoms with E-state index in [1.165, 1.54) is 32.0 Å². The van der Waals surface area contributed by atoms with Crippen LogP contribution in [0, 0.1) is 6.92 Å². The average Bonchev–Trinajstić information content (AvgIpc) is 2.81. The summed E-state index contributed by atoms with van der Waals surface area (Å²) in [5.74, 6) is 1.23. The summed E-state index contributed by atoms with van der Waals surface area (Å²) in [6, 6.07) is 26.0. The Bertz CT molecular complexity index is 852. The van der Waals surface area contributed by atoms with Gasteiger partial charge < -0.3 is 0 Å². The molecule has 3 aromatic carbocycles. The fourth-order valence-corrected chi connectivity index (χ4v) is 4.75. The Kier molecular flexibility index (Phi) is 4.95. The normalized spacial score (nSPS) is 16.3. The SMILES string of the molecule is Cc1ccc(S/N=C/C2c3ccccc3CSc3ccccc32)cc1. The molecule has 0 fully saturated rings. The van der Waals surface area contributed by atoms with E-state index < -0.39 is 0 Å². The van der Waals surface area contributed by atoms with Gasteiger partial charge in [-0.15, -0.1) is 11.8 Å². The zero-order valence-corrected chi connectivity index (χ0v) is 15.7. The van der Waals surface area contributed by atoms with Crippen LogP contribution in [0.4, 0.5) is 0 Å². The number of rotatable bonds is 3. The molecule has 0 amide bonds. The Morgan fingerprint density at radius 1 is 0.920 bits per heavy atom. The summed E-state index contributed by atoms with van der Waals surface area (Å²) < 4.78 is 4.72. The first-order valence-electron chi connectivity index (χ1n) is 8.38. The van der Waals surface area contributed by atoms with Crippen LogP contribution in [0.25, 0.3) is 0 Å². The standard InChI is InChI=1S/C22H19NS2/c1-16-10-12-18(13-11-16)25-23-14-21-19-7-3-2-6-17(19)15-24-22-9-5-4-8-20(21)22/h2-14,21H,15H2,1H3/b23-14+. The molecule has 124 valence electrons. The molecule has 0 bridgehead atoms. The van der Waals surface area contributed by atoms with Gasteiger partial charge in [0.15, 0.2) is 0 Å².